The molecule has 0 unspecified atom stereocenters. The first-order valence-electron chi connectivity index (χ1n) is 7.05. The summed E-state index contributed by atoms with van der Waals surface area (Å²) in [5.41, 5.74) is 0.573. The number of hydrogen-bond donors (Lipinski definition) is 1. The Labute approximate surface area is 138 Å². The Morgan fingerprint density at radius 3 is 2.95 bits per heavy atom. The fourth-order valence-corrected chi connectivity index (χ4v) is 3.06. The van der Waals surface area contributed by atoms with Gasteiger partial charge >= 0.3 is 0 Å². The SMILES string of the molecule is CCCCN1C[C@H](C(=O)Nc2ccc(Br)cc2Cl)CC1=O. The number of rotatable bonds is 5. The van der Waals surface area contributed by atoms with Crippen LogP contribution in [0.15, 0.2) is 22.7 Å². The van der Waals surface area contributed by atoms with E-state index in [0.717, 1.165) is 23.9 Å². The molecule has 1 aromatic carbocycles. The molecule has 1 saturated heterocycles. The van der Waals surface area contributed by atoms with Gasteiger partial charge in [0, 0.05) is 24.0 Å². The van der Waals surface area contributed by atoms with Crippen LogP contribution in [-0.4, -0.2) is 29.8 Å². The normalized spacial score (nSPS) is 18.1. The fourth-order valence-electron chi connectivity index (χ4n) is 2.34. The molecular weight excluding hydrogens is 356 g/mol. The average molecular weight is 374 g/mol. The van der Waals surface area contributed by atoms with Gasteiger partial charge in [-0.05, 0) is 24.6 Å². The molecule has 0 aromatic heterocycles. The summed E-state index contributed by atoms with van der Waals surface area (Å²) in [6, 6.07) is 5.29. The predicted molar refractivity (Wildman–Crippen MR) is 87.4 cm³/mol. The summed E-state index contributed by atoms with van der Waals surface area (Å²) in [5.74, 6) is -0.383. The largest absolute Gasteiger partial charge is 0.342 e. The quantitative estimate of drug-likeness (QED) is 0.856. The van der Waals surface area contributed by atoms with Crippen LogP contribution in [-0.2, 0) is 9.59 Å². The minimum absolute atomic E-state index is 0.0607. The number of likely N-dealkylation sites (tertiary alicyclic amines) is 1. The van der Waals surface area contributed by atoms with E-state index in [-0.39, 0.29) is 24.2 Å². The van der Waals surface area contributed by atoms with Gasteiger partial charge < -0.3 is 10.2 Å². The highest BCUT2D eigenvalue weighted by Crippen LogP contribution is 2.27. The van der Waals surface area contributed by atoms with Crippen LogP contribution in [0.1, 0.15) is 26.2 Å². The maximum absolute atomic E-state index is 12.3. The monoisotopic (exact) mass is 372 g/mol. The van der Waals surface area contributed by atoms with E-state index in [9.17, 15) is 9.59 Å². The number of nitrogens with one attached hydrogen (secondary N) is 1. The van der Waals surface area contributed by atoms with Crippen molar-refractivity contribution >= 4 is 45.0 Å². The number of nitrogens with zero attached hydrogens (tertiary/aromatic N) is 1. The van der Waals surface area contributed by atoms with Gasteiger partial charge in [-0.15, -0.1) is 0 Å². The first kappa shape index (κ1) is 16.3. The molecule has 1 heterocycles. The first-order chi connectivity index (χ1) is 10.0. The number of unbranched alkanes of at least 4 members (excludes halogenated alkanes) is 1. The highest BCUT2D eigenvalue weighted by molar-refractivity contribution is 9.10. The van der Waals surface area contributed by atoms with Gasteiger partial charge in [0.15, 0.2) is 0 Å². The van der Waals surface area contributed by atoms with Crippen LogP contribution in [0.3, 0.4) is 0 Å². The summed E-state index contributed by atoms with van der Waals surface area (Å²) in [7, 11) is 0. The third-order valence-corrected chi connectivity index (χ3v) is 4.36. The molecule has 1 atom stereocenters. The third kappa shape index (κ3) is 4.20. The van der Waals surface area contributed by atoms with Gasteiger partial charge in [-0.3, -0.25) is 9.59 Å². The van der Waals surface area contributed by atoms with E-state index in [1.807, 2.05) is 6.07 Å². The second-order valence-electron chi connectivity index (χ2n) is 5.21. The fraction of sp³-hybridized carbons (Fsp3) is 0.467. The van der Waals surface area contributed by atoms with E-state index in [1.54, 1.807) is 17.0 Å². The molecule has 2 amide bonds. The molecule has 1 aliphatic heterocycles. The van der Waals surface area contributed by atoms with E-state index in [0.29, 0.717) is 17.3 Å². The molecule has 114 valence electrons. The van der Waals surface area contributed by atoms with Crippen molar-refractivity contribution in [3.63, 3.8) is 0 Å². The lowest BCUT2D eigenvalue weighted by atomic mass is 10.1. The molecule has 1 N–H and O–H groups in total. The van der Waals surface area contributed by atoms with Crippen molar-refractivity contribution in [3.8, 4) is 0 Å². The van der Waals surface area contributed by atoms with Gasteiger partial charge in [-0.25, -0.2) is 0 Å². The summed E-state index contributed by atoms with van der Waals surface area (Å²) >= 11 is 9.40. The molecular formula is C15H18BrClN2O2. The standard InChI is InChI=1S/C15H18BrClN2O2/c1-2-3-6-19-9-10(7-14(19)20)15(21)18-13-5-4-11(16)8-12(13)17/h4-5,8,10H,2-3,6-7,9H2,1H3,(H,18,21)/t10-/m1/s1. The molecule has 4 nitrogen and oxygen atoms in total. The van der Waals surface area contributed by atoms with Crippen LogP contribution in [0.25, 0.3) is 0 Å². The Morgan fingerprint density at radius 1 is 1.52 bits per heavy atom. The summed E-state index contributed by atoms with van der Waals surface area (Å²) in [4.78, 5) is 25.9. The van der Waals surface area contributed by atoms with Crippen molar-refractivity contribution in [1.82, 2.24) is 4.90 Å². The molecule has 0 spiro atoms. The van der Waals surface area contributed by atoms with Crippen molar-refractivity contribution in [1.29, 1.82) is 0 Å². The predicted octanol–water partition coefficient (Wildman–Crippen LogP) is 3.69. The van der Waals surface area contributed by atoms with Crippen LogP contribution in [0.2, 0.25) is 5.02 Å². The number of carbonyl (C=O) groups is 2. The van der Waals surface area contributed by atoms with E-state index in [2.05, 4.69) is 28.2 Å². The van der Waals surface area contributed by atoms with Crippen molar-refractivity contribution in [2.45, 2.75) is 26.2 Å². The highest BCUT2D eigenvalue weighted by Gasteiger charge is 2.33. The summed E-state index contributed by atoms with van der Waals surface area (Å²) in [6.07, 6.45) is 2.29. The highest BCUT2D eigenvalue weighted by atomic mass is 79.9. The topological polar surface area (TPSA) is 49.4 Å². The lowest BCUT2D eigenvalue weighted by Gasteiger charge is -2.16. The van der Waals surface area contributed by atoms with E-state index in [4.69, 9.17) is 11.6 Å². The zero-order chi connectivity index (χ0) is 15.4. The zero-order valence-corrected chi connectivity index (χ0v) is 14.2. The Hall–Kier alpha value is -1.07. The number of hydrogen-bond acceptors (Lipinski definition) is 2. The van der Waals surface area contributed by atoms with Gasteiger partial charge in [0.05, 0.1) is 16.6 Å². The molecule has 1 fully saturated rings. The Kier molecular flexibility index (Phi) is 5.65. The summed E-state index contributed by atoms with van der Waals surface area (Å²) in [5, 5.41) is 3.28. The maximum atomic E-state index is 12.3. The second-order valence-corrected chi connectivity index (χ2v) is 6.53. The van der Waals surface area contributed by atoms with Crippen LogP contribution in [0.5, 0.6) is 0 Å². The van der Waals surface area contributed by atoms with Gasteiger partial charge in [0.1, 0.15) is 0 Å². The molecule has 0 aliphatic carbocycles. The second kappa shape index (κ2) is 7.27. The molecule has 1 aliphatic rings. The maximum Gasteiger partial charge on any atom is 0.229 e. The lowest BCUT2D eigenvalue weighted by molar-refractivity contribution is -0.128. The van der Waals surface area contributed by atoms with Crippen molar-refractivity contribution < 1.29 is 9.59 Å². The summed E-state index contributed by atoms with van der Waals surface area (Å²) in [6.45, 7) is 3.32. The van der Waals surface area contributed by atoms with E-state index in [1.165, 1.54) is 0 Å². The molecule has 0 radical (unpaired) electrons. The minimum atomic E-state index is -0.297. The van der Waals surface area contributed by atoms with Crippen molar-refractivity contribution in [2.75, 3.05) is 18.4 Å². The molecule has 2 rings (SSSR count). The van der Waals surface area contributed by atoms with Crippen LogP contribution in [0.4, 0.5) is 5.69 Å². The van der Waals surface area contributed by atoms with E-state index >= 15 is 0 Å². The van der Waals surface area contributed by atoms with Gasteiger partial charge in [0.25, 0.3) is 0 Å². The molecule has 21 heavy (non-hydrogen) atoms. The first-order valence-corrected chi connectivity index (χ1v) is 8.22. The Balaban J connectivity index is 1.96. The lowest BCUT2D eigenvalue weighted by Crippen LogP contribution is -2.29. The van der Waals surface area contributed by atoms with E-state index < -0.39 is 0 Å². The van der Waals surface area contributed by atoms with Crippen LogP contribution >= 0.6 is 27.5 Å². The Bertz CT molecular complexity index is 550. The van der Waals surface area contributed by atoms with Crippen LogP contribution < -0.4 is 5.32 Å². The third-order valence-electron chi connectivity index (χ3n) is 3.56. The van der Waals surface area contributed by atoms with Crippen LogP contribution in [0, 0.1) is 5.92 Å². The minimum Gasteiger partial charge on any atom is -0.342 e. The molecule has 6 heteroatoms. The molecule has 0 saturated carbocycles. The van der Waals surface area contributed by atoms with Crippen molar-refractivity contribution in [2.24, 2.45) is 5.92 Å². The van der Waals surface area contributed by atoms with Gasteiger partial charge in [0.2, 0.25) is 11.8 Å². The van der Waals surface area contributed by atoms with Gasteiger partial charge in [-0.1, -0.05) is 40.9 Å². The molecule has 1 aromatic rings. The Morgan fingerprint density at radius 2 is 2.29 bits per heavy atom. The smallest absolute Gasteiger partial charge is 0.229 e. The number of amides is 2. The number of benzene rings is 1. The number of carbonyl (C=O) groups excluding carboxylic acids is 2. The average Bonchev–Trinajstić information content (AvgIpc) is 2.81. The summed E-state index contributed by atoms with van der Waals surface area (Å²) < 4.78 is 0.854. The zero-order valence-electron chi connectivity index (χ0n) is 11.9. The number of anilines is 1. The molecule has 0 bridgehead atoms. The van der Waals surface area contributed by atoms with Crippen molar-refractivity contribution in [3.05, 3.63) is 27.7 Å². The van der Waals surface area contributed by atoms with Gasteiger partial charge in [-0.2, -0.15) is 0 Å². The number of halogens is 2.